The van der Waals surface area contributed by atoms with Crippen molar-refractivity contribution in [2.45, 2.75) is 44.2 Å². The molecular weight excluding hydrogens is 517 g/mol. The first kappa shape index (κ1) is 27.1. The van der Waals surface area contributed by atoms with E-state index in [-0.39, 0.29) is 11.8 Å². The number of amides is 1. The number of piperidine rings is 1. The molecule has 1 fully saturated rings. The highest BCUT2D eigenvalue weighted by atomic mass is 32.1. The number of thiocarbonyl (C=S) groups is 1. The van der Waals surface area contributed by atoms with Crippen molar-refractivity contribution in [2.24, 2.45) is 0 Å². The highest BCUT2D eigenvalue weighted by molar-refractivity contribution is 7.80. The Labute approximate surface area is 224 Å². The Morgan fingerprint density at radius 3 is 2.76 bits per heavy atom. The minimum Gasteiger partial charge on any atom is -0.359 e. The number of likely N-dealkylation sites (tertiary alicyclic amines) is 1. The minimum absolute atomic E-state index is 0.258. The molecule has 0 bridgehead atoms. The van der Waals surface area contributed by atoms with Crippen molar-refractivity contribution in [1.29, 1.82) is 0 Å². The second-order valence-corrected chi connectivity index (χ2v) is 10.3. The fourth-order valence-electron chi connectivity index (χ4n) is 4.49. The van der Waals surface area contributed by atoms with Crippen LogP contribution in [0.4, 0.5) is 18.9 Å². The molecule has 1 aromatic carbocycles. The summed E-state index contributed by atoms with van der Waals surface area (Å²) in [5, 5.41) is 9.51. The Morgan fingerprint density at radius 1 is 1.27 bits per heavy atom. The van der Waals surface area contributed by atoms with Gasteiger partial charge in [-0.3, -0.25) is 4.79 Å². The third kappa shape index (κ3) is 6.87. The van der Waals surface area contributed by atoms with Gasteiger partial charge < -0.3 is 15.5 Å². The maximum absolute atomic E-state index is 13.2. The smallest absolute Gasteiger partial charge is 0.359 e. The van der Waals surface area contributed by atoms with Crippen LogP contribution in [-0.4, -0.2) is 46.7 Å². The monoisotopic (exact) mass is 546 g/mol. The molecule has 0 saturated carbocycles. The van der Waals surface area contributed by atoms with Crippen molar-refractivity contribution >= 4 is 40.3 Å². The second-order valence-electron chi connectivity index (χ2n) is 8.99. The molecule has 1 aliphatic heterocycles. The van der Waals surface area contributed by atoms with Crippen LogP contribution in [-0.2, 0) is 0 Å². The summed E-state index contributed by atoms with van der Waals surface area (Å²) < 4.78 is 39.7. The molecule has 2 N–H and O–H groups in total. The van der Waals surface area contributed by atoms with Gasteiger partial charge in [-0.15, -0.1) is 11.3 Å². The standard InChI is InChI=1S/C27H29F3N4OS2/c1-2-3-13-31-26(36)34-14-11-18(12-15-34)25-33-23(17-37-25)24(35)32-22-10-5-4-9-21(22)19-7-6-8-20(16-19)27(28,29)30/h2-6,8-10,16-19H,7,11-15H2,1H3,(H,31,36)(H,32,35)/b3-2+. The van der Waals surface area contributed by atoms with Crippen molar-refractivity contribution in [2.75, 3.05) is 25.0 Å². The molecule has 0 spiro atoms. The third-order valence-electron chi connectivity index (χ3n) is 6.50. The van der Waals surface area contributed by atoms with Crippen LogP contribution >= 0.6 is 23.6 Å². The van der Waals surface area contributed by atoms with E-state index in [2.05, 4.69) is 20.5 Å². The van der Waals surface area contributed by atoms with E-state index < -0.39 is 17.7 Å². The van der Waals surface area contributed by atoms with E-state index in [0.29, 0.717) is 29.9 Å². The van der Waals surface area contributed by atoms with Gasteiger partial charge in [0.15, 0.2) is 5.11 Å². The molecular formula is C27H29F3N4OS2. The van der Waals surface area contributed by atoms with Crippen LogP contribution in [0.3, 0.4) is 0 Å². The highest BCUT2D eigenvalue weighted by Crippen LogP contribution is 2.37. The van der Waals surface area contributed by atoms with E-state index in [1.807, 2.05) is 19.1 Å². The van der Waals surface area contributed by atoms with Crippen molar-refractivity contribution in [3.05, 3.63) is 81.9 Å². The summed E-state index contributed by atoms with van der Waals surface area (Å²) in [6, 6.07) is 6.98. The molecule has 1 unspecified atom stereocenters. The molecule has 5 nitrogen and oxygen atoms in total. The lowest BCUT2D eigenvalue weighted by atomic mass is 9.88. The third-order valence-corrected chi connectivity index (χ3v) is 7.91. The molecule has 196 valence electrons. The number of hydrogen-bond acceptors (Lipinski definition) is 4. The number of para-hydroxylation sites is 1. The predicted molar refractivity (Wildman–Crippen MR) is 146 cm³/mol. The number of thiazole rings is 1. The number of nitrogens with zero attached hydrogens (tertiary/aromatic N) is 2. The summed E-state index contributed by atoms with van der Waals surface area (Å²) in [4.78, 5) is 19.8. The van der Waals surface area contributed by atoms with Gasteiger partial charge in [0.25, 0.3) is 5.91 Å². The lowest BCUT2D eigenvalue weighted by Crippen LogP contribution is -2.43. The van der Waals surface area contributed by atoms with E-state index in [1.165, 1.54) is 23.5 Å². The zero-order valence-corrected chi connectivity index (χ0v) is 22.1. The molecule has 37 heavy (non-hydrogen) atoms. The van der Waals surface area contributed by atoms with Crippen molar-refractivity contribution in [1.82, 2.24) is 15.2 Å². The van der Waals surface area contributed by atoms with Gasteiger partial charge >= 0.3 is 6.18 Å². The summed E-state index contributed by atoms with van der Waals surface area (Å²) in [5.41, 5.74) is 0.779. The number of allylic oxidation sites excluding steroid dienone is 5. The number of carbonyl (C=O) groups is 1. The number of rotatable bonds is 6. The quantitative estimate of drug-likeness (QED) is 0.318. The molecule has 1 aromatic heterocycles. The number of hydrogen-bond donors (Lipinski definition) is 2. The first-order valence-electron chi connectivity index (χ1n) is 12.2. The maximum Gasteiger partial charge on any atom is 0.416 e. The van der Waals surface area contributed by atoms with Gasteiger partial charge in [0.05, 0.1) is 10.6 Å². The van der Waals surface area contributed by atoms with Crippen LogP contribution in [0.15, 0.2) is 65.6 Å². The molecule has 0 radical (unpaired) electrons. The van der Waals surface area contributed by atoms with Gasteiger partial charge in [-0.05, 0) is 50.0 Å². The van der Waals surface area contributed by atoms with Gasteiger partial charge in [-0.2, -0.15) is 13.2 Å². The van der Waals surface area contributed by atoms with Gasteiger partial charge in [0.1, 0.15) is 5.69 Å². The predicted octanol–water partition coefficient (Wildman–Crippen LogP) is 6.56. The van der Waals surface area contributed by atoms with Crippen LogP contribution in [0.25, 0.3) is 0 Å². The van der Waals surface area contributed by atoms with Crippen molar-refractivity contribution < 1.29 is 18.0 Å². The fraction of sp³-hybridized carbons (Fsp3) is 0.370. The number of halogens is 3. The largest absolute Gasteiger partial charge is 0.416 e. The average Bonchev–Trinajstić information content (AvgIpc) is 3.39. The molecule has 1 atom stereocenters. The number of alkyl halides is 3. The van der Waals surface area contributed by atoms with Gasteiger partial charge in [-0.25, -0.2) is 4.98 Å². The van der Waals surface area contributed by atoms with E-state index >= 15 is 0 Å². The van der Waals surface area contributed by atoms with Crippen LogP contribution in [0, 0.1) is 0 Å². The molecule has 2 aromatic rings. The first-order valence-corrected chi connectivity index (χ1v) is 13.5. The Kier molecular flexibility index (Phi) is 8.81. The number of carbonyl (C=O) groups excluding carboxylic acids is 1. The van der Waals surface area contributed by atoms with Gasteiger partial charge in [0.2, 0.25) is 0 Å². The topological polar surface area (TPSA) is 57.3 Å². The molecule has 1 saturated heterocycles. The summed E-state index contributed by atoms with van der Waals surface area (Å²) >= 11 is 6.94. The summed E-state index contributed by atoms with van der Waals surface area (Å²) in [6.45, 7) is 4.32. The van der Waals surface area contributed by atoms with E-state index in [9.17, 15) is 18.0 Å². The minimum atomic E-state index is -4.41. The van der Waals surface area contributed by atoms with Crippen LogP contribution in [0.2, 0.25) is 0 Å². The average molecular weight is 547 g/mol. The lowest BCUT2D eigenvalue weighted by molar-refractivity contribution is -0.0887. The van der Waals surface area contributed by atoms with E-state index in [1.54, 1.807) is 29.6 Å². The summed E-state index contributed by atoms with van der Waals surface area (Å²) in [5.74, 6) is -0.589. The molecule has 2 aliphatic rings. The van der Waals surface area contributed by atoms with Crippen LogP contribution in [0.1, 0.15) is 59.1 Å². The highest BCUT2D eigenvalue weighted by Gasteiger charge is 2.34. The molecule has 4 rings (SSSR count). The van der Waals surface area contributed by atoms with E-state index in [0.717, 1.165) is 42.1 Å². The summed E-state index contributed by atoms with van der Waals surface area (Å²) in [7, 11) is 0. The molecule has 1 aliphatic carbocycles. The fourth-order valence-corrected chi connectivity index (χ4v) is 5.73. The molecule has 10 heteroatoms. The first-order chi connectivity index (χ1) is 17.8. The molecule has 1 amide bonds. The van der Waals surface area contributed by atoms with Gasteiger partial charge in [0, 0.05) is 42.5 Å². The normalized spacial score (nSPS) is 18.6. The van der Waals surface area contributed by atoms with E-state index in [4.69, 9.17) is 12.2 Å². The Bertz CT molecular complexity index is 1210. The Morgan fingerprint density at radius 2 is 2.03 bits per heavy atom. The number of benzene rings is 1. The lowest BCUT2D eigenvalue weighted by Gasteiger charge is -2.33. The Balaban J connectivity index is 1.39. The van der Waals surface area contributed by atoms with Crippen LogP contribution < -0.4 is 10.6 Å². The zero-order chi connectivity index (χ0) is 26.4. The zero-order valence-electron chi connectivity index (χ0n) is 20.4. The van der Waals surface area contributed by atoms with Gasteiger partial charge in [-0.1, -0.05) is 48.6 Å². The molecule has 2 heterocycles. The van der Waals surface area contributed by atoms with Crippen molar-refractivity contribution in [3.8, 4) is 0 Å². The SMILES string of the molecule is C/C=C/CNC(=S)N1CCC(c2nc(C(=O)Nc3ccccc3C3C=C(C(F)(F)F)C=CC3)cs2)CC1. The van der Waals surface area contributed by atoms with Crippen LogP contribution in [0.5, 0.6) is 0 Å². The number of anilines is 1. The number of nitrogens with one attached hydrogen (secondary N) is 2. The summed E-state index contributed by atoms with van der Waals surface area (Å²) in [6.07, 6.45) is 5.65. The maximum atomic E-state index is 13.2. The number of aromatic nitrogens is 1. The van der Waals surface area contributed by atoms with Crippen molar-refractivity contribution in [3.63, 3.8) is 0 Å². The second kappa shape index (κ2) is 12.0. The Hall–Kier alpha value is -2.98.